The Labute approximate surface area is 181 Å². The maximum absolute atomic E-state index is 13.9. The molecular weight excluding hydrogens is 395 g/mol. The van der Waals surface area contributed by atoms with Crippen molar-refractivity contribution in [1.29, 1.82) is 0 Å². The van der Waals surface area contributed by atoms with E-state index in [0.29, 0.717) is 11.5 Å². The van der Waals surface area contributed by atoms with Gasteiger partial charge in [-0.3, -0.25) is 0 Å². The fourth-order valence-corrected chi connectivity index (χ4v) is 4.77. The minimum absolute atomic E-state index is 0.215. The topological polar surface area (TPSA) is 51.1 Å². The first-order valence-electron chi connectivity index (χ1n) is 10.8. The van der Waals surface area contributed by atoms with Crippen molar-refractivity contribution >= 4 is 13.6 Å². The van der Waals surface area contributed by atoms with Crippen LogP contribution in [0.15, 0.2) is 65.4 Å². The molecular formula is C24H35N2O3P. The van der Waals surface area contributed by atoms with Crippen molar-refractivity contribution in [2.75, 3.05) is 0 Å². The zero-order valence-electron chi connectivity index (χ0n) is 18.8. The van der Waals surface area contributed by atoms with E-state index in [1.165, 1.54) is 0 Å². The summed E-state index contributed by atoms with van der Waals surface area (Å²) in [6.45, 7) is 10.7. The molecule has 5 nitrogen and oxygen atoms in total. The summed E-state index contributed by atoms with van der Waals surface area (Å²) in [6.07, 6.45) is 3.90. The molecule has 2 rings (SSSR count). The molecule has 0 saturated heterocycles. The van der Waals surface area contributed by atoms with Gasteiger partial charge in [0.2, 0.25) is 0 Å². The van der Waals surface area contributed by atoms with Crippen LogP contribution in [0.2, 0.25) is 0 Å². The van der Waals surface area contributed by atoms with E-state index in [-0.39, 0.29) is 12.1 Å². The highest BCUT2D eigenvalue weighted by molar-refractivity contribution is 7.53. The third kappa shape index (κ3) is 7.53. The molecule has 0 aliphatic heterocycles. The maximum Gasteiger partial charge on any atom is 0.564 e. The van der Waals surface area contributed by atoms with Gasteiger partial charge in [0, 0.05) is 18.5 Å². The van der Waals surface area contributed by atoms with Crippen LogP contribution in [-0.4, -0.2) is 22.8 Å². The number of unbranched alkanes of at least 4 members (excludes halogenated alkanes) is 2. The standard InChI is InChI=1S/C24H35N2O3P/c1-6-7-10-19-24(26(20(2)3)21(4)5)25-30(27,28-22-15-11-8-12-16-22)29-23-17-13-9-14-18-23/h8-9,11-18,20-21H,6-7,10,19H2,1-5H3/b25-24+. The SMILES string of the molecule is CCCCC/C(=N\P(=O)(Oc1ccccc1)Oc1ccccc1)N(C(C)C)C(C)C. The first kappa shape index (κ1) is 24.0. The van der Waals surface area contributed by atoms with Crippen LogP contribution in [0.25, 0.3) is 0 Å². The van der Waals surface area contributed by atoms with E-state index in [2.05, 4.69) is 44.3 Å². The summed E-state index contributed by atoms with van der Waals surface area (Å²) in [6, 6.07) is 18.6. The largest absolute Gasteiger partial charge is 0.564 e. The van der Waals surface area contributed by atoms with E-state index < -0.39 is 7.75 Å². The van der Waals surface area contributed by atoms with Gasteiger partial charge in [-0.1, -0.05) is 56.2 Å². The zero-order chi connectivity index (χ0) is 22.0. The number of amidine groups is 1. The van der Waals surface area contributed by atoms with Crippen LogP contribution in [-0.2, 0) is 4.57 Å². The van der Waals surface area contributed by atoms with Gasteiger partial charge in [0.05, 0.1) is 0 Å². The predicted octanol–water partition coefficient (Wildman–Crippen LogP) is 7.35. The Bertz CT molecular complexity index is 769. The summed E-state index contributed by atoms with van der Waals surface area (Å²) in [4.78, 5) is 2.20. The smallest absolute Gasteiger partial charge is 0.399 e. The molecule has 2 aromatic carbocycles. The van der Waals surface area contributed by atoms with E-state index in [9.17, 15) is 4.57 Å². The van der Waals surface area contributed by atoms with Gasteiger partial charge in [-0.2, -0.15) is 0 Å². The highest BCUT2D eigenvalue weighted by atomic mass is 31.2. The van der Waals surface area contributed by atoms with Crippen molar-refractivity contribution in [3.63, 3.8) is 0 Å². The van der Waals surface area contributed by atoms with Crippen molar-refractivity contribution in [1.82, 2.24) is 4.90 Å². The molecule has 0 aliphatic carbocycles. The van der Waals surface area contributed by atoms with E-state index in [1.807, 2.05) is 36.4 Å². The lowest BCUT2D eigenvalue weighted by Crippen LogP contribution is -2.42. The quantitative estimate of drug-likeness (QED) is 0.162. The Kier molecular flexibility index (Phi) is 9.45. The summed E-state index contributed by atoms with van der Waals surface area (Å²) in [5.74, 6) is 1.70. The van der Waals surface area contributed by atoms with Crippen LogP contribution in [0.1, 0.15) is 60.3 Å². The van der Waals surface area contributed by atoms with Gasteiger partial charge in [-0.15, -0.1) is 4.76 Å². The van der Waals surface area contributed by atoms with E-state index in [4.69, 9.17) is 9.05 Å². The summed E-state index contributed by atoms with van der Waals surface area (Å²) >= 11 is 0. The minimum atomic E-state index is -3.85. The molecule has 0 radical (unpaired) electrons. The molecule has 0 spiro atoms. The average molecular weight is 431 g/mol. The molecule has 6 heteroatoms. The molecule has 0 N–H and O–H groups in total. The molecule has 30 heavy (non-hydrogen) atoms. The summed E-state index contributed by atoms with van der Waals surface area (Å²) in [7, 11) is -3.85. The fourth-order valence-electron chi connectivity index (χ4n) is 3.39. The summed E-state index contributed by atoms with van der Waals surface area (Å²) in [5.41, 5.74) is 0. The molecule has 0 saturated carbocycles. The monoisotopic (exact) mass is 430 g/mol. The summed E-state index contributed by atoms with van der Waals surface area (Å²) in [5, 5.41) is 0. The van der Waals surface area contributed by atoms with Gasteiger partial charge in [-0.05, 0) is 58.4 Å². The lowest BCUT2D eigenvalue weighted by atomic mass is 10.1. The Morgan fingerprint density at radius 1 is 0.867 bits per heavy atom. The molecule has 0 fully saturated rings. The first-order valence-corrected chi connectivity index (χ1v) is 12.3. The first-order chi connectivity index (χ1) is 14.3. The normalized spacial score (nSPS) is 12.3. The highest BCUT2D eigenvalue weighted by Gasteiger charge is 2.31. The van der Waals surface area contributed by atoms with Gasteiger partial charge in [-0.25, -0.2) is 4.57 Å². The Hall–Kier alpha value is -2.26. The number of benzene rings is 2. The van der Waals surface area contributed by atoms with Gasteiger partial charge >= 0.3 is 7.75 Å². The lowest BCUT2D eigenvalue weighted by Gasteiger charge is -2.34. The second kappa shape index (κ2) is 11.8. The van der Waals surface area contributed by atoms with Crippen molar-refractivity contribution in [2.24, 2.45) is 4.76 Å². The molecule has 164 valence electrons. The predicted molar refractivity (Wildman–Crippen MR) is 125 cm³/mol. The Morgan fingerprint density at radius 2 is 1.33 bits per heavy atom. The van der Waals surface area contributed by atoms with Gasteiger partial charge < -0.3 is 13.9 Å². The van der Waals surface area contributed by atoms with Crippen LogP contribution in [0.4, 0.5) is 0 Å². The number of para-hydroxylation sites is 2. The van der Waals surface area contributed by atoms with Crippen LogP contribution < -0.4 is 9.05 Å². The summed E-state index contributed by atoms with van der Waals surface area (Å²) < 4.78 is 30.3. The van der Waals surface area contributed by atoms with Crippen LogP contribution in [0, 0.1) is 0 Å². The van der Waals surface area contributed by atoms with Gasteiger partial charge in [0.15, 0.2) is 0 Å². The van der Waals surface area contributed by atoms with Gasteiger partial charge in [0.25, 0.3) is 0 Å². The Morgan fingerprint density at radius 3 is 1.73 bits per heavy atom. The maximum atomic E-state index is 13.9. The second-order valence-corrected chi connectivity index (χ2v) is 9.35. The number of rotatable bonds is 11. The van der Waals surface area contributed by atoms with Crippen LogP contribution >= 0.6 is 7.75 Å². The van der Waals surface area contributed by atoms with Crippen molar-refractivity contribution in [2.45, 2.75) is 72.4 Å². The minimum Gasteiger partial charge on any atom is -0.399 e. The number of hydrogen-bond acceptors (Lipinski definition) is 3. The van der Waals surface area contributed by atoms with Crippen LogP contribution in [0.3, 0.4) is 0 Å². The Balaban J connectivity index is 2.47. The molecule has 0 amide bonds. The van der Waals surface area contributed by atoms with E-state index >= 15 is 0 Å². The van der Waals surface area contributed by atoms with E-state index in [0.717, 1.165) is 31.5 Å². The van der Waals surface area contributed by atoms with Crippen molar-refractivity contribution < 1.29 is 13.6 Å². The highest BCUT2D eigenvalue weighted by Crippen LogP contribution is 2.50. The van der Waals surface area contributed by atoms with E-state index in [1.54, 1.807) is 24.3 Å². The van der Waals surface area contributed by atoms with Gasteiger partial charge in [0.1, 0.15) is 17.3 Å². The number of hydrogen-bond donors (Lipinski definition) is 0. The van der Waals surface area contributed by atoms with Crippen LogP contribution in [0.5, 0.6) is 11.5 Å². The molecule has 0 aromatic heterocycles. The lowest BCUT2D eigenvalue weighted by molar-refractivity contribution is 0.284. The fraction of sp³-hybridized carbons (Fsp3) is 0.458. The molecule has 2 aromatic rings. The molecule has 0 unspecified atom stereocenters. The average Bonchev–Trinajstić information content (AvgIpc) is 2.68. The molecule has 0 aliphatic rings. The number of nitrogens with zero attached hydrogens (tertiary/aromatic N) is 2. The molecule has 0 heterocycles. The zero-order valence-corrected chi connectivity index (χ0v) is 19.7. The molecule has 0 bridgehead atoms. The van der Waals surface area contributed by atoms with Crippen molar-refractivity contribution in [3.8, 4) is 11.5 Å². The third-order valence-corrected chi connectivity index (χ3v) is 5.94. The molecule has 0 atom stereocenters. The second-order valence-electron chi connectivity index (χ2n) is 7.85. The van der Waals surface area contributed by atoms with Crippen molar-refractivity contribution in [3.05, 3.63) is 60.7 Å². The third-order valence-electron chi connectivity index (χ3n) is 4.58.